The number of aryl methyl sites for hydroxylation is 1. The largest absolute Gasteiger partial charge is 0.422 e. The number of halogens is 6. The Bertz CT molecular complexity index is 741. The zero-order chi connectivity index (χ0) is 15.6. The van der Waals surface area contributed by atoms with E-state index >= 15 is 0 Å². The first-order valence-corrected chi connectivity index (χ1v) is 7.28. The van der Waals surface area contributed by atoms with Crippen molar-refractivity contribution in [3.05, 3.63) is 32.4 Å². The zero-order valence-corrected chi connectivity index (χ0v) is 12.7. The molecule has 0 spiro atoms. The Labute approximate surface area is 132 Å². The monoisotopic (exact) mass is 357 g/mol. The van der Waals surface area contributed by atoms with Gasteiger partial charge < -0.3 is 10.1 Å². The number of nitrogens with one attached hydrogen (secondary N) is 1. The maximum atomic E-state index is 13.3. The van der Waals surface area contributed by atoms with E-state index in [9.17, 15) is 18.3 Å². The molecule has 0 radical (unpaired) electrons. The highest BCUT2D eigenvalue weighted by Crippen LogP contribution is 2.50. The molecule has 1 aliphatic rings. The number of aromatic amines is 1. The van der Waals surface area contributed by atoms with E-state index in [4.69, 9.17) is 34.8 Å². The van der Waals surface area contributed by atoms with Gasteiger partial charge in [0.1, 0.15) is 0 Å². The number of fused-ring (bicyclic) bond motifs is 3. The van der Waals surface area contributed by atoms with Crippen molar-refractivity contribution < 1.29 is 18.3 Å². The fourth-order valence-corrected chi connectivity index (χ4v) is 3.63. The smallest absolute Gasteiger partial charge is 0.375 e. The second kappa shape index (κ2) is 4.69. The van der Waals surface area contributed by atoms with Crippen molar-refractivity contribution in [3.63, 3.8) is 0 Å². The van der Waals surface area contributed by atoms with Crippen LogP contribution in [-0.2, 0) is 12.0 Å². The number of benzene rings is 1. The fourth-order valence-electron chi connectivity index (χ4n) is 2.86. The highest BCUT2D eigenvalue weighted by atomic mass is 35.5. The number of aliphatic hydroxyl groups is 1. The van der Waals surface area contributed by atoms with E-state index in [-0.39, 0.29) is 32.7 Å². The van der Waals surface area contributed by atoms with E-state index < -0.39 is 18.2 Å². The highest BCUT2D eigenvalue weighted by molar-refractivity contribution is 6.48. The van der Waals surface area contributed by atoms with Crippen molar-refractivity contribution in [3.8, 4) is 0 Å². The van der Waals surface area contributed by atoms with Gasteiger partial charge in [-0.25, -0.2) is 0 Å². The molecule has 2 N–H and O–H groups in total. The van der Waals surface area contributed by atoms with Crippen LogP contribution in [0.3, 0.4) is 0 Å². The minimum absolute atomic E-state index is 0.139. The number of alkyl halides is 3. The van der Waals surface area contributed by atoms with Crippen molar-refractivity contribution in [1.82, 2.24) is 4.98 Å². The summed E-state index contributed by atoms with van der Waals surface area (Å²) in [7, 11) is 0. The summed E-state index contributed by atoms with van der Waals surface area (Å²) < 4.78 is 39.8. The van der Waals surface area contributed by atoms with Gasteiger partial charge in [0.05, 0.1) is 26.3 Å². The molecule has 1 heterocycles. The van der Waals surface area contributed by atoms with Gasteiger partial charge in [0, 0.05) is 5.39 Å². The Morgan fingerprint density at radius 3 is 2.48 bits per heavy atom. The molecule has 3 rings (SSSR count). The van der Waals surface area contributed by atoms with E-state index in [0.717, 1.165) is 0 Å². The molecule has 0 bridgehead atoms. The number of aromatic nitrogens is 1. The first kappa shape index (κ1) is 15.3. The standard InChI is InChI=1S/C13H9Cl3F3NO/c14-6-4-7(15)10-8(9(6)16)5-2-1-3-12(21,11(5)20-10)13(17,18)19/h4,20-21H,1-3H2. The van der Waals surface area contributed by atoms with Crippen molar-refractivity contribution >= 4 is 45.7 Å². The molecule has 1 atom stereocenters. The van der Waals surface area contributed by atoms with Gasteiger partial charge in [-0.3, -0.25) is 0 Å². The number of hydrogen-bond acceptors (Lipinski definition) is 1. The van der Waals surface area contributed by atoms with Crippen LogP contribution in [0, 0.1) is 0 Å². The molecule has 8 heteroatoms. The van der Waals surface area contributed by atoms with Gasteiger partial charge in [-0.1, -0.05) is 34.8 Å². The van der Waals surface area contributed by atoms with Gasteiger partial charge in [0.25, 0.3) is 0 Å². The zero-order valence-electron chi connectivity index (χ0n) is 10.4. The Hall–Kier alpha value is -0.620. The van der Waals surface area contributed by atoms with Crippen LogP contribution in [0.5, 0.6) is 0 Å². The number of hydrogen-bond donors (Lipinski definition) is 2. The first-order chi connectivity index (χ1) is 9.67. The van der Waals surface area contributed by atoms with Crippen LogP contribution in [0.2, 0.25) is 15.1 Å². The topological polar surface area (TPSA) is 36.0 Å². The van der Waals surface area contributed by atoms with Crippen LogP contribution in [-0.4, -0.2) is 16.3 Å². The highest BCUT2D eigenvalue weighted by Gasteiger charge is 2.57. The number of rotatable bonds is 0. The summed E-state index contributed by atoms with van der Waals surface area (Å²) in [4.78, 5) is 2.60. The number of H-pyrrole nitrogens is 1. The van der Waals surface area contributed by atoms with E-state index in [1.54, 1.807) is 0 Å². The lowest BCUT2D eigenvalue weighted by Gasteiger charge is -2.34. The van der Waals surface area contributed by atoms with Crippen LogP contribution < -0.4 is 0 Å². The molecular weight excluding hydrogens is 350 g/mol. The maximum absolute atomic E-state index is 13.3. The van der Waals surface area contributed by atoms with Crippen molar-refractivity contribution in [2.75, 3.05) is 0 Å². The molecule has 0 amide bonds. The summed E-state index contributed by atoms with van der Waals surface area (Å²) in [6, 6.07) is 1.36. The summed E-state index contributed by atoms with van der Waals surface area (Å²) in [6.07, 6.45) is -4.63. The molecule has 0 aliphatic heterocycles. The average Bonchev–Trinajstić information content (AvgIpc) is 2.76. The molecular formula is C13H9Cl3F3NO. The quantitative estimate of drug-likeness (QED) is 0.623. The van der Waals surface area contributed by atoms with Crippen molar-refractivity contribution in [2.24, 2.45) is 0 Å². The molecule has 2 nitrogen and oxygen atoms in total. The van der Waals surface area contributed by atoms with Gasteiger partial charge in [-0.05, 0) is 30.9 Å². The second-order valence-electron chi connectivity index (χ2n) is 5.09. The second-order valence-corrected chi connectivity index (χ2v) is 6.29. The molecule has 2 aromatic rings. The normalized spacial score (nSPS) is 22.6. The Morgan fingerprint density at radius 2 is 1.86 bits per heavy atom. The van der Waals surface area contributed by atoms with Crippen molar-refractivity contribution in [2.45, 2.75) is 31.0 Å². The third-order valence-electron chi connectivity index (χ3n) is 3.87. The average molecular weight is 359 g/mol. The molecule has 0 saturated heterocycles. The first-order valence-electron chi connectivity index (χ1n) is 6.14. The molecule has 1 unspecified atom stereocenters. The molecule has 1 aromatic carbocycles. The molecule has 21 heavy (non-hydrogen) atoms. The minimum atomic E-state index is -4.79. The fraction of sp³-hybridized carbons (Fsp3) is 0.385. The molecule has 1 aromatic heterocycles. The summed E-state index contributed by atoms with van der Waals surface area (Å²) >= 11 is 18.1. The third kappa shape index (κ3) is 2.05. The lowest BCUT2D eigenvalue weighted by Crippen LogP contribution is -2.45. The molecule has 0 saturated carbocycles. The van der Waals surface area contributed by atoms with Gasteiger partial charge in [-0.15, -0.1) is 0 Å². The predicted molar refractivity (Wildman–Crippen MR) is 76.2 cm³/mol. The minimum Gasteiger partial charge on any atom is -0.375 e. The maximum Gasteiger partial charge on any atom is 0.422 e. The van der Waals surface area contributed by atoms with Crippen LogP contribution in [0.4, 0.5) is 13.2 Å². The third-order valence-corrected chi connectivity index (χ3v) is 4.96. The van der Waals surface area contributed by atoms with Crippen LogP contribution in [0.15, 0.2) is 6.07 Å². The summed E-state index contributed by atoms with van der Waals surface area (Å²) in [5.41, 5.74) is -2.62. The van der Waals surface area contributed by atoms with Gasteiger partial charge in [0.15, 0.2) is 0 Å². The van der Waals surface area contributed by atoms with E-state index in [2.05, 4.69) is 4.98 Å². The Kier molecular flexibility index (Phi) is 3.41. The lowest BCUT2D eigenvalue weighted by molar-refractivity contribution is -0.272. The predicted octanol–water partition coefficient (Wildman–Crippen LogP) is 5.21. The van der Waals surface area contributed by atoms with Gasteiger partial charge >= 0.3 is 6.18 Å². The van der Waals surface area contributed by atoms with Crippen LogP contribution in [0.25, 0.3) is 10.9 Å². The van der Waals surface area contributed by atoms with Crippen LogP contribution in [0.1, 0.15) is 24.1 Å². The molecule has 0 fully saturated rings. The van der Waals surface area contributed by atoms with E-state index in [1.165, 1.54) is 6.07 Å². The Balaban J connectivity index is 2.40. The Morgan fingerprint density at radius 1 is 1.19 bits per heavy atom. The molecule has 114 valence electrons. The summed E-state index contributed by atoms with van der Waals surface area (Å²) in [5, 5.41) is 11.0. The van der Waals surface area contributed by atoms with Gasteiger partial charge in [0.2, 0.25) is 5.60 Å². The van der Waals surface area contributed by atoms with Crippen LogP contribution >= 0.6 is 34.8 Å². The molecule has 1 aliphatic carbocycles. The summed E-state index contributed by atoms with van der Waals surface area (Å²) in [6.45, 7) is 0. The van der Waals surface area contributed by atoms with Gasteiger partial charge in [-0.2, -0.15) is 13.2 Å². The van der Waals surface area contributed by atoms with E-state index in [0.29, 0.717) is 17.4 Å². The summed E-state index contributed by atoms with van der Waals surface area (Å²) in [5.74, 6) is 0. The lowest BCUT2D eigenvalue weighted by atomic mass is 9.82. The van der Waals surface area contributed by atoms with Crippen molar-refractivity contribution in [1.29, 1.82) is 0 Å². The SMILES string of the molecule is OC1(C(F)(F)F)CCCc2c1[nH]c1c(Cl)cc(Cl)c(Cl)c21. The van der Waals surface area contributed by atoms with E-state index in [1.807, 2.05) is 0 Å².